The van der Waals surface area contributed by atoms with Gasteiger partial charge in [0.15, 0.2) is 12.4 Å². The standard InChI is InChI=1S/C35H45Cl2N3O7/c1-23(2)15-20-40(31(42)25-16-18-39(19-17-25)34(45)47-35(3,4)5)33(44)38-29(14-11-24-9-7-6-8-10-24)30(41)22-46-32(43)27-21-26(36)12-13-28(27)37/h6-10,12-13,21,23,25,29H,11,14-20,22H2,1-5H3,(H,38,44)/t29-/m0/s1. The van der Waals surface area contributed by atoms with E-state index in [-0.39, 0.29) is 40.4 Å². The quantitative estimate of drug-likeness (QED) is 0.239. The average Bonchev–Trinajstić information content (AvgIpc) is 3.02. The van der Waals surface area contributed by atoms with Crippen LogP contribution in [0.3, 0.4) is 0 Å². The number of rotatable bonds is 12. The molecule has 0 radical (unpaired) electrons. The van der Waals surface area contributed by atoms with Crippen LogP contribution in [-0.2, 0) is 25.5 Å². The van der Waals surface area contributed by atoms with Gasteiger partial charge in [-0.25, -0.2) is 14.4 Å². The topological polar surface area (TPSA) is 122 Å². The Balaban J connectivity index is 1.73. The number of benzene rings is 2. The summed E-state index contributed by atoms with van der Waals surface area (Å²) < 4.78 is 10.7. The van der Waals surface area contributed by atoms with Crippen molar-refractivity contribution in [2.24, 2.45) is 11.8 Å². The van der Waals surface area contributed by atoms with Crippen molar-refractivity contribution in [3.8, 4) is 0 Å². The molecule has 0 aliphatic carbocycles. The van der Waals surface area contributed by atoms with Gasteiger partial charge < -0.3 is 19.7 Å². The summed E-state index contributed by atoms with van der Waals surface area (Å²) in [6, 6.07) is 12.0. The third-order valence-electron chi connectivity index (χ3n) is 7.68. The number of piperidine rings is 1. The van der Waals surface area contributed by atoms with Gasteiger partial charge in [0.05, 0.1) is 16.6 Å². The number of nitrogens with zero attached hydrogens (tertiary/aromatic N) is 2. The first-order valence-electron chi connectivity index (χ1n) is 15.9. The van der Waals surface area contributed by atoms with E-state index in [0.29, 0.717) is 38.8 Å². The Morgan fingerprint density at radius 2 is 1.64 bits per heavy atom. The van der Waals surface area contributed by atoms with Gasteiger partial charge in [-0.1, -0.05) is 67.4 Å². The maximum Gasteiger partial charge on any atom is 0.410 e. The van der Waals surface area contributed by atoms with Crippen LogP contribution < -0.4 is 5.32 Å². The fourth-order valence-corrected chi connectivity index (χ4v) is 5.39. The number of urea groups is 1. The summed E-state index contributed by atoms with van der Waals surface area (Å²) in [5, 5.41) is 3.16. The van der Waals surface area contributed by atoms with Crippen molar-refractivity contribution in [1.29, 1.82) is 0 Å². The molecule has 0 aromatic heterocycles. The first kappa shape index (κ1) is 37.8. The molecular formula is C35H45Cl2N3O7. The Bertz CT molecular complexity index is 1400. The number of nitrogens with one attached hydrogen (secondary N) is 1. The van der Waals surface area contributed by atoms with E-state index >= 15 is 0 Å². The lowest BCUT2D eigenvalue weighted by Gasteiger charge is -2.35. The highest BCUT2D eigenvalue weighted by molar-refractivity contribution is 6.35. The second-order valence-corrected chi connectivity index (χ2v) is 14.0. The van der Waals surface area contributed by atoms with Crippen LogP contribution in [0.4, 0.5) is 9.59 Å². The zero-order chi connectivity index (χ0) is 34.7. The fourth-order valence-electron chi connectivity index (χ4n) is 5.02. The van der Waals surface area contributed by atoms with E-state index in [2.05, 4.69) is 5.32 Å². The van der Waals surface area contributed by atoms with Crippen molar-refractivity contribution < 1.29 is 33.4 Å². The minimum Gasteiger partial charge on any atom is -0.454 e. The first-order chi connectivity index (χ1) is 22.1. The molecule has 12 heteroatoms. The molecular weight excluding hydrogens is 645 g/mol. The lowest BCUT2D eigenvalue weighted by atomic mass is 9.95. The summed E-state index contributed by atoms with van der Waals surface area (Å²) >= 11 is 12.1. The van der Waals surface area contributed by atoms with Gasteiger partial charge in [-0.3, -0.25) is 14.5 Å². The Morgan fingerprint density at radius 3 is 2.26 bits per heavy atom. The van der Waals surface area contributed by atoms with Crippen molar-refractivity contribution in [2.75, 3.05) is 26.2 Å². The number of ether oxygens (including phenoxy) is 2. The van der Waals surface area contributed by atoms with Gasteiger partial charge >= 0.3 is 18.1 Å². The summed E-state index contributed by atoms with van der Waals surface area (Å²) in [5.74, 6) is -2.00. The van der Waals surface area contributed by atoms with Crippen LogP contribution >= 0.6 is 23.2 Å². The molecule has 1 atom stereocenters. The molecule has 0 unspecified atom stereocenters. The maximum absolute atomic E-state index is 13.8. The molecule has 1 aliphatic rings. The van der Waals surface area contributed by atoms with Crippen molar-refractivity contribution >= 4 is 53.0 Å². The second kappa shape index (κ2) is 17.5. The molecule has 47 heavy (non-hydrogen) atoms. The molecule has 0 saturated carbocycles. The molecule has 0 bridgehead atoms. The Hall–Kier alpha value is -3.63. The zero-order valence-corrected chi connectivity index (χ0v) is 29.2. The number of amides is 4. The summed E-state index contributed by atoms with van der Waals surface area (Å²) in [6.07, 6.45) is 1.55. The number of aryl methyl sites for hydroxylation is 1. The molecule has 1 aliphatic heterocycles. The van der Waals surface area contributed by atoms with E-state index < -0.39 is 48.0 Å². The fraction of sp³-hybridized carbons (Fsp3) is 0.514. The van der Waals surface area contributed by atoms with Crippen LogP contribution in [0, 0.1) is 11.8 Å². The maximum atomic E-state index is 13.8. The Morgan fingerprint density at radius 1 is 0.979 bits per heavy atom. The van der Waals surface area contributed by atoms with Crippen LogP contribution in [-0.4, -0.2) is 77.5 Å². The molecule has 4 amide bonds. The largest absolute Gasteiger partial charge is 0.454 e. The second-order valence-electron chi connectivity index (χ2n) is 13.1. The molecule has 0 spiro atoms. The van der Waals surface area contributed by atoms with Crippen molar-refractivity contribution in [3.05, 3.63) is 69.7 Å². The number of imide groups is 1. The van der Waals surface area contributed by atoms with E-state index in [1.54, 1.807) is 25.7 Å². The Labute approximate surface area is 287 Å². The summed E-state index contributed by atoms with van der Waals surface area (Å²) in [5.41, 5.74) is 0.330. The molecule has 1 N–H and O–H groups in total. The predicted molar refractivity (Wildman–Crippen MR) is 181 cm³/mol. The highest BCUT2D eigenvalue weighted by atomic mass is 35.5. The lowest BCUT2D eigenvalue weighted by molar-refractivity contribution is -0.134. The molecule has 1 fully saturated rings. The molecule has 2 aromatic rings. The number of ketones is 1. The third kappa shape index (κ3) is 12.2. The lowest BCUT2D eigenvalue weighted by Crippen LogP contribution is -2.53. The van der Waals surface area contributed by atoms with Gasteiger partial charge in [-0.2, -0.15) is 0 Å². The number of hydrogen-bond acceptors (Lipinski definition) is 7. The van der Waals surface area contributed by atoms with Crippen LogP contribution in [0.15, 0.2) is 48.5 Å². The number of hydrogen-bond donors (Lipinski definition) is 1. The number of likely N-dealkylation sites (tertiary alicyclic amines) is 1. The first-order valence-corrected chi connectivity index (χ1v) is 16.7. The third-order valence-corrected chi connectivity index (χ3v) is 8.25. The molecule has 2 aromatic carbocycles. The molecule has 3 rings (SSSR count). The summed E-state index contributed by atoms with van der Waals surface area (Å²) in [6.45, 7) is 9.56. The summed E-state index contributed by atoms with van der Waals surface area (Å²) in [7, 11) is 0. The van der Waals surface area contributed by atoms with Crippen LogP contribution in [0.2, 0.25) is 10.0 Å². The van der Waals surface area contributed by atoms with Gasteiger partial charge in [-0.15, -0.1) is 0 Å². The monoisotopic (exact) mass is 689 g/mol. The van der Waals surface area contributed by atoms with E-state index in [0.717, 1.165) is 5.56 Å². The average molecular weight is 691 g/mol. The molecule has 10 nitrogen and oxygen atoms in total. The predicted octanol–water partition coefficient (Wildman–Crippen LogP) is 6.95. The molecule has 256 valence electrons. The van der Waals surface area contributed by atoms with Crippen LogP contribution in [0.5, 0.6) is 0 Å². The van der Waals surface area contributed by atoms with Crippen LogP contribution in [0.1, 0.15) is 76.2 Å². The van der Waals surface area contributed by atoms with Gasteiger partial charge in [0.25, 0.3) is 0 Å². The van der Waals surface area contributed by atoms with Crippen molar-refractivity contribution in [1.82, 2.24) is 15.1 Å². The number of Topliss-reactive ketones (excluding diaryl/α,β-unsaturated/α-hetero) is 1. The summed E-state index contributed by atoms with van der Waals surface area (Å²) in [4.78, 5) is 69.0. The highest BCUT2D eigenvalue weighted by Crippen LogP contribution is 2.24. The van der Waals surface area contributed by atoms with E-state index in [4.69, 9.17) is 32.7 Å². The van der Waals surface area contributed by atoms with E-state index in [1.807, 2.05) is 44.2 Å². The minimum atomic E-state index is -1.05. The number of halogens is 2. The normalized spacial score (nSPS) is 14.3. The van der Waals surface area contributed by atoms with Gasteiger partial charge in [-0.05, 0) is 82.6 Å². The van der Waals surface area contributed by atoms with Crippen LogP contribution in [0.25, 0.3) is 0 Å². The highest BCUT2D eigenvalue weighted by Gasteiger charge is 2.35. The van der Waals surface area contributed by atoms with Gasteiger partial charge in [0.2, 0.25) is 5.91 Å². The van der Waals surface area contributed by atoms with E-state index in [1.165, 1.54) is 23.1 Å². The smallest absolute Gasteiger partial charge is 0.410 e. The van der Waals surface area contributed by atoms with Crippen molar-refractivity contribution in [3.63, 3.8) is 0 Å². The molecule has 1 saturated heterocycles. The number of carbonyl (C=O) groups excluding carboxylic acids is 5. The SMILES string of the molecule is CC(C)CCN(C(=O)N[C@@H](CCc1ccccc1)C(=O)COC(=O)c1cc(Cl)ccc1Cl)C(=O)C1CCN(C(=O)OC(C)(C)C)CC1. The van der Waals surface area contributed by atoms with Gasteiger partial charge in [0, 0.05) is 30.6 Å². The zero-order valence-electron chi connectivity index (χ0n) is 27.7. The van der Waals surface area contributed by atoms with E-state index in [9.17, 15) is 24.0 Å². The number of esters is 1. The molecule has 1 heterocycles. The number of carbonyl (C=O) groups is 5. The Kier molecular flexibility index (Phi) is 14.1. The van der Waals surface area contributed by atoms with Gasteiger partial charge in [0.1, 0.15) is 5.60 Å². The minimum absolute atomic E-state index is 0.0139. The van der Waals surface area contributed by atoms with Crippen molar-refractivity contribution in [2.45, 2.75) is 78.4 Å².